The highest BCUT2D eigenvalue weighted by molar-refractivity contribution is 5.57. The first kappa shape index (κ1) is 6.09. The second kappa shape index (κ2) is 2.20. The number of hydrogen-bond donors (Lipinski definition) is 1. The zero-order valence-corrected chi connectivity index (χ0v) is 5.65. The summed E-state index contributed by atoms with van der Waals surface area (Å²) in [5, 5.41) is 9.17. The van der Waals surface area contributed by atoms with Crippen LogP contribution in [0.4, 0.5) is 0 Å². The average molecular weight is 150 g/mol. The number of rotatable bonds is 1. The highest BCUT2D eigenvalue weighted by Gasteiger charge is 2.08. The molecule has 0 saturated carbocycles. The van der Waals surface area contributed by atoms with Crippen LogP contribution in [-0.4, -0.2) is 5.11 Å². The van der Waals surface area contributed by atoms with Crippen LogP contribution in [0.5, 0.6) is 5.75 Å². The van der Waals surface area contributed by atoms with Crippen molar-refractivity contribution in [2.75, 3.05) is 0 Å². The van der Waals surface area contributed by atoms with Crippen LogP contribution in [0.2, 0.25) is 0 Å². The molecular formula is C8H6O3. The maximum Gasteiger partial charge on any atom is 0.210 e. The lowest BCUT2D eigenvalue weighted by atomic mass is 10.3. The highest BCUT2D eigenvalue weighted by Crippen LogP contribution is 2.29. The van der Waals surface area contributed by atoms with Gasteiger partial charge < -0.3 is 13.9 Å². The summed E-state index contributed by atoms with van der Waals surface area (Å²) >= 11 is 0. The summed E-state index contributed by atoms with van der Waals surface area (Å²) in [4.78, 5) is 0. The third-order valence-corrected chi connectivity index (χ3v) is 1.39. The fourth-order valence-corrected chi connectivity index (χ4v) is 0.895. The molecule has 2 rings (SSSR count). The fourth-order valence-electron chi connectivity index (χ4n) is 0.895. The minimum atomic E-state index is 0.0972. The smallest absolute Gasteiger partial charge is 0.210 e. The van der Waals surface area contributed by atoms with Crippen molar-refractivity contribution >= 4 is 0 Å². The van der Waals surface area contributed by atoms with Gasteiger partial charge in [0, 0.05) is 6.07 Å². The Labute approximate surface area is 62.9 Å². The predicted molar refractivity (Wildman–Crippen MR) is 38.1 cm³/mol. The summed E-state index contributed by atoms with van der Waals surface area (Å²) in [7, 11) is 0. The molecule has 0 radical (unpaired) electrons. The summed E-state index contributed by atoms with van der Waals surface area (Å²) in [6.07, 6.45) is 2.94. The van der Waals surface area contributed by atoms with Crippen molar-refractivity contribution in [3.8, 4) is 17.3 Å². The van der Waals surface area contributed by atoms with Crippen molar-refractivity contribution in [3.63, 3.8) is 0 Å². The van der Waals surface area contributed by atoms with Gasteiger partial charge in [0.05, 0.1) is 12.5 Å². The molecule has 0 bridgehead atoms. The van der Waals surface area contributed by atoms with Gasteiger partial charge in [0.15, 0.2) is 11.5 Å². The monoisotopic (exact) mass is 150 g/mol. The van der Waals surface area contributed by atoms with Crippen molar-refractivity contribution in [1.29, 1.82) is 0 Å². The van der Waals surface area contributed by atoms with Crippen LogP contribution in [0.25, 0.3) is 11.5 Å². The molecule has 56 valence electrons. The molecule has 0 fully saturated rings. The Kier molecular flexibility index (Phi) is 1.22. The molecule has 0 atom stereocenters. The number of furan rings is 2. The van der Waals surface area contributed by atoms with Gasteiger partial charge in [0.25, 0.3) is 0 Å². The molecule has 11 heavy (non-hydrogen) atoms. The van der Waals surface area contributed by atoms with Crippen LogP contribution in [0, 0.1) is 0 Å². The van der Waals surface area contributed by atoms with Crippen molar-refractivity contribution in [2.24, 2.45) is 0 Å². The maximum absolute atomic E-state index is 9.17. The van der Waals surface area contributed by atoms with E-state index in [0.717, 1.165) is 0 Å². The summed E-state index contributed by atoms with van der Waals surface area (Å²) in [6.45, 7) is 0. The van der Waals surface area contributed by atoms with E-state index in [1.54, 1.807) is 12.1 Å². The third kappa shape index (κ3) is 0.902. The van der Waals surface area contributed by atoms with E-state index in [0.29, 0.717) is 11.5 Å². The lowest BCUT2D eigenvalue weighted by Gasteiger charge is -1.89. The zero-order valence-electron chi connectivity index (χ0n) is 5.65. The van der Waals surface area contributed by atoms with E-state index in [4.69, 9.17) is 13.9 Å². The zero-order chi connectivity index (χ0) is 7.68. The normalized spacial score (nSPS) is 10.2. The average Bonchev–Trinajstić information content (AvgIpc) is 2.55. The van der Waals surface area contributed by atoms with Crippen molar-refractivity contribution in [2.45, 2.75) is 0 Å². The third-order valence-electron chi connectivity index (χ3n) is 1.39. The van der Waals surface area contributed by atoms with Gasteiger partial charge in [0.1, 0.15) is 0 Å². The highest BCUT2D eigenvalue weighted by atomic mass is 16.4. The molecule has 0 amide bonds. The first-order valence-corrected chi connectivity index (χ1v) is 3.18. The van der Waals surface area contributed by atoms with Crippen LogP contribution >= 0.6 is 0 Å². The SMILES string of the molecule is Oc1ccoc1-c1ccco1. The topological polar surface area (TPSA) is 46.5 Å². The Hall–Kier alpha value is -1.64. The minimum Gasteiger partial charge on any atom is -0.504 e. The van der Waals surface area contributed by atoms with E-state index < -0.39 is 0 Å². The van der Waals surface area contributed by atoms with Crippen molar-refractivity contribution in [3.05, 3.63) is 30.7 Å². The molecule has 2 heterocycles. The molecule has 0 unspecified atom stereocenters. The summed E-state index contributed by atoms with van der Waals surface area (Å²) in [5.41, 5.74) is 0. The van der Waals surface area contributed by atoms with Gasteiger partial charge in [-0.2, -0.15) is 0 Å². The Morgan fingerprint density at radius 3 is 2.55 bits per heavy atom. The minimum absolute atomic E-state index is 0.0972. The molecule has 3 nitrogen and oxygen atoms in total. The molecule has 0 saturated heterocycles. The van der Waals surface area contributed by atoms with Crippen molar-refractivity contribution < 1.29 is 13.9 Å². The number of aromatic hydroxyl groups is 1. The van der Waals surface area contributed by atoms with Crippen molar-refractivity contribution in [1.82, 2.24) is 0 Å². The van der Waals surface area contributed by atoms with E-state index in [9.17, 15) is 0 Å². The molecular weight excluding hydrogens is 144 g/mol. The molecule has 3 heteroatoms. The van der Waals surface area contributed by atoms with Gasteiger partial charge in [-0.3, -0.25) is 0 Å². The molecule has 0 aliphatic rings. The summed E-state index contributed by atoms with van der Waals surface area (Å²) < 4.78 is 9.97. The predicted octanol–water partition coefficient (Wildman–Crippen LogP) is 2.25. The largest absolute Gasteiger partial charge is 0.504 e. The molecule has 0 aromatic carbocycles. The molecule has 0 spiro atoms. The van der Waals surface area contributed by atoms with Gasteiger partial charge in [0.2, 0.25) is 5.76 Å². The Morgan fingerprint density at radius 1 is 1.09 bits per heavy atom. The molecule has 2 aromatic rings. The molecule has 2 aromatic heterocycles. The van der Waals surface area contributed by atoms with Gasteiger partial charge in [-0.15, -0.1) is 0 Å². The Morgan fingerprint density at radius 2 is 2.00 bits per heavy atom. The Balaban J connectivity index is 2.53. The first-order valence-electron chi connectivity index (χ1n) is 3.18. The molecule has 0 aliphatic heterocycles. The number of hydrogen-bond acceptors (Lipinski definition) is 3. The van der Waals surface area contributed by atoms with Gasteiger partial charge >= 0.3 is 0 Å². The molecule has 1 N–H and O–H groups in total. The van der Waals surface area contributed by atoms with Crippen LogP contribution in [0.1, 0.15) is 0 Å². The maximum atomic E-state index is 9.17. The lowest BCUT2D eigenvalue weighted by Crippen LogP contribution is -1.65. The van der Waals surface area contributed by atoms with E-state index in [1.807, 2.05) is 0 Å². The van der Waals surface area contributed by atoms with E-state index in [-0.39, 0.29) is 5.75 Å². The van der Waals surface area contributed by atoms with Crippen LogP contribution in [-0.2, 0) is 0 Å². The van der Waals surface area contributed by atoms with Gasteiger partial charge in [-0.1, -0.05) is 0 Å². The second-order valence-electron chi connectivity index (χ2n) is 2.11. The van der Waals surface area contributed by atoms with E-state index >= 15 is 0 Å². The van der Waals surface area contributed by atoms with Gasteiger partial charge in [-0.25, -0.2) is 0 Å². The standard InChI is InChI=1S/C8H6O3/c9-6-3-5-11-8(6)7-2-1-4-10-7/h1-5,9H. The van der Waals surface area contributed by atoms with E-state index in [1.165, 1.54) is 18.6 Å². The Bertz CT molecular complexity index is 332. The van der Waals surface area contributed by atoms with Crippen LogP contribution in [0.15, 0.2) is 39.6 Å². The van der Waals surface area contributed by atoms with Crippen LogP contribution in [0.3, 0.4) is 0 Å². The molecule has 0 aliphatic carbocycles. The first-order chi connectivity index (χ1) is 5.38. The van der Waals surface area contributed by atoms with Crippen LogP contribution < -0.4 is 0 Å². The lowest BCUT2D eigenvalue weighted by molar-refractivity contribution is 0.454. The quantitative estimate of drug-likeness (QED) is 0.678. The second-order valence-corrected chi connectivity index (χ2v) is 2.11. The van der Waals surface area contributed by atoms with E-state index in [2.05, 4.69) is 0 Å². The summed E-state index contributed by atoms with van der Waals surface area (Å²) in [5.74, 6) is 1.00. The summed E-state index contributed by atoms with van der Waals surface area (Å²) in [6, 6.07) is 4.92. The van der Waals surface area contributed by atoms with Gasteiger partial charge in [-0.05, 0) is 12.1 Å². The fraction of sp³-hybridized carbons (Fsp3) is 0.